The fourth-order valence-electron chi connectivity index (χ4n) is 5.39. The van der Waals surface area contributed by atoms with Gasteiger partial charge in [-0.1, -0.05) is 43.3 Å². The summed E-state index contributed by atoms with van der Waals surface area (Å²) in [5.41, 5.74) is 6.05. The summed E-state index contributed by atoms with van der Waals surface area (Å²) in [5.74, 6) is 5.50. The molecule has 1 unspecified atom stereocenters. The van der Waals surface area contributed by atoms with Crippen LogP contribution in [0.2, 0.25) is 0 Å². The zero-order valence-corrected chi connectivity index (χ0v) is 20.1. The minimum atomic E-state index is -0.363. The third kappa shape index (κ3) is 4.76. The molecule has 5 rings (SSSR count). The highest BCUT2D eigenvalue weighted by molar-refractivity contribution is 5.73. The van der Waals surface area contributed by atoms with Gasteiger partial charge in [-0.2, -0.15) is 5.90 Å². The van der Waals surface area contributed by atoms with Crippen molar-refractivity contribution in [3.8, 4) is 16.9 Å². The van der Waals surface area contributed by atoms with Gasteiger partial charge in [0.05, 0.1) is 19.1 Å². The number of halogens is 1. The van der Waals surface area contributed by atoms with Gasteiger partial charge >= 0.3 is 5.97 Å². The smallest absolute Gasteiger partial charge is 0.327 e. The molecule has 0 spiro atoms. The number of hydrogen-bond acceptors (Lipinski definition) is 5. The Bertz CT molecular complexity index is 1220. The monoisotopic (exact) mass is 474 g/mol. The summed E-state index contributed by atoms with van der Waals surface area (Å²) < 4.78 is 19.7. The van der Waals surface area contributed by atoms with Crippen molar-refractivity contribution in [3.05, 3.63) is 83.2 Å². The molecular formula is C29H31FN2O3. The molecule has 1 aliphatic heterocycles. The van der Waals surface area contributed by atoms with Crippen LogP contribution >= 0.6 is 0 Å². The maximum atomic E-state index is 14.4. The maximum absolute atomic E-state index is 14.4. The second kappa shape index (κ2) is 9.70. The van der Waals surface area contributed by atoms with Crippen molar-refractivity contribution in [1.82, 2.24) is 0 Å². The van der Waals surface area contributed by atoms with Crippen molar-refractivity contribution >= 4 is 11.7 Å². The number of ether oxygens (including phenoxy) is 1. The third-order valence-corrected chi connectivity index (χ3v) is 7.50. The Hall–Kier alpha value is -3.38. The molecule has 5 nitrogen and oxygen atoms in total. The minimum absolute atomic E-state index is 0.107. The summed E-state index contributed by atoms with van der Waals surface area (Å²) in [6.07, 6.45) is 4.19. The number of nitrogens with two attached hydrogens (primary N) is 1. The molecule has 3 aromatic rings. The van der Waals surface area contributed by atoms with Crippen molar-refractivity contribution in [2.24, 2.45) is 17.7 Å². The zero-order chi connectivity index (χ0) is 24.5. The van der Waals surface area contributed by atoms with Gasteiger partial charge in [0.15, 0.2) is 0 Å². The maximum Gasteiger partial charge on any atom is 0.327 e. The Morgan fingerprint density at radius 3 is 2.51 bits per heavy atom. The SMILES string of the molecule is COc1ccc(F)c(-c2ccc(C3CCc4ccc([C@H](C5CC5)[C@H](C)C(=O)ON)cc4N3)cc2)c1. The first-order valence-electron chi connectivity index (χ1n) is 12.2. The molecule has 1 heterocycles. The molecule has 0 amide bonds. The van der Waals surface area contributed by atoms with E-state index in [0.717, 1.165) is 48.1 Å². The van der Waals surface area contributed by atoms with Crippen molar-refractivity contribution in [2.75, 3.05) is 12.4 Å². The minimum Gasteiger partial charge on any atom is -0.497 e. The van der Waals surface area contributed by atoms with Crippen LogP contribution in [0.4, 0.5) is 10.1 Å². The highest BCUT2D eigenvalue weighted by Crippen LogP contribution is 2.48. The number of methoxy groups -OCH3 is 1. The number of hydrogen-bond donors (Lipinski definition) is 2. The van der Waals surface area contributed by atoms with Crippen molar-refractivity contribution in [2.45, 2.75) is 44.6 Å². The first-order valence-corrected chi connectivity index (χ1v) is 12.2. The summed E-state index contributed by atoms with van der Waals surface area (Å²) in [5, 5.41) is 3.70. The molecule has 2 aliphatic rings. The van der Waals surface area contributed by atoms with Gasteiger partial charge in [-0.15, -0.1) is 0 Å². The van der Waals surface area contributed by atoms with Crippen molar-refractivity contribution in [3.63, 3.8) is 0 Å². The number of benzene rings is 3. The molecule has 182 valence electrons. The number of anilines is 1. The van der Waals surface area contributed by atoms with Crippen LogP contribution in [-0.4, -0.2) is 13.1 Å². The molecule has 1 aliphatic carbocycles. The van der Waals surface area contributed by atoms with E-state index in [4.69, 9.17) is 10.6 Å². The summed E-state index contributed by atoms with van der Waals surface area (Å²) >= 11 is 0. The molecule has 3 N–H and O–H groups in total. The number of carbonyl (C=O) groups excluding carboxylic acids is 1. The predicted molar refractivity (Wildman–Crippen MR) is 134 cm³/mol. The molecule has 1 fully saturated rings. The predicted octanol–water partition coefficient (Wildman–Crippen LogP) is 6.15. The first-order chi connectivity index (χ1) is 17.0. The van der Waals surface area contributed by atoms with E-state index in [-0.39, 0.29) is 29.7 Å². The summed E-state index contributed by atoms with van der Waals surface area (Å²) in [4.78, 5) is 16.7. The molecule has 0 saturated heterocycles. The number of carbonyl (C=O) groups is 1. The molecule has 1 saturated carbocycles. The van der Waals surface area contributed by atoms with Gasteiger partial charge in [0.2, 0.25) is 0 Å². The Morgan fingerprint density at radius 2 is 1.83 bits per heavy atom. The van der Waals surface area contributed by atoms with Gasteiger partial charge in [-0.05, 0) is 84.0 Å². The fourth-order valence-corrected chi connectivity index (χ4v) is 5.39. The normalized spacial score (nSPS) is 18.7. The van der Waals surface area contributed by atoms with Crippen LogP contribution in [0, 0.1) is 17.7 Å². The van der Waals surface area contributed by atoms with Crippen LogP contribution < -0.4 is 16.0 Å². The van der Waals surface area contributed by atoms with E-state index in [1.807, 2.05) is 19.1 Å². The molecular weight excluding hydrogens is 443 g/mol. The third-order valence-electron chi connectivity index (χ3n) is 7.50. The Kier molecular flexibility index (Phi) is 6.48. The lowest BCUT2D eigenvalue weighted by Gasteiger charge is -2.30. The number of rotatable bonds is 7. The van der Waals surface area contributed by atoms with E-state index in [2.05, 4.69) is 40.5 Å². The lowest BCUT2D eigenvalue weighted by atomic mass is 9.81. The van der Waals surface area contributed by atoms with Crippen LogP contribution in [0.5, 0.6) is 5.75 Å². The van der Waals surface area contributed by atoms with Crippen LogP contribution in [-0.2, 0) is 16.1 Å². The average molecular weight is 475 g/mol. The van der Waals surface area contributed by atoms with Crippen LogP contribution in [0.3, 0.4) is 0 Å². The molecule has 3 atom stereocenters. The van der Waals surface area contributed by atoms with E-state index in [1.165, 1.54) is 11.6 Å². The first kappa shape index (κ1) is 23.4. The van der Waals surface area contributed by atoms with Crippen molar-refractivity contribution in [1.29, 1.82) is 0 Å². The van der Waals surface area contributed by atoms with Gasteiger partial charge in [0.1, 0.15) is 11.6 Å². The second-order valence-corrected chi connectivity index (χ2v) is 9.71. The molecule has 6 heteroatoms. The Balaban J connectivity index is 1.37. The highest BCUT2D eigenvalue weighted by Gasteiger charge is 2.39. The van der Waals surface area contributed by atoms with Gasteiger partial charge in [-0.3, -0.25) is 4.79 Å². The van der Waals surface area contributed by atoms with Crippen LogP contribution in [0.25, 0.3) is 11.1 Å². The van der Waals surface area contributed by atoms with Crippen molar-refractivity contribution < 1.29 is 18.8 Å². The summed E-state index contributed by atoms with van der Waals surface area (Å²) in [7, 11) is 1.58. The van der Waals surface area contributed by atoms with E-state index in [1.54, 1.807) is 19.2 Å². The van der Waals surface area contributed by atoms with E-state index in [9.17, 15) is 9.18 Å². The topological polar surface area (TPSA) is 73.6 Å². The molecule has 0 aromatic heterocycles. The second-order valence-electron chi connectivity index (χ2n) is 9.71. The quantitative estimate of drug-likeness (QED) is 0.402. The van der Waals surface area contributed by atoms with Gasteiger partial charge in [0, 0.05) is 11.3 Å². The zero-order valence-electron chi connectivity index (χ0n) is 20.1. The van der Waals surface area contributed by atoms with E-state index < -0.39 is 0 Å². The lowest BCUT2D eigenvalue weighted by molar-refractivity contribution is -0.149. The number of fused-ring (bicyclic) bond motifs is 1. The highest BCUT2D eigenvalue weighted by atomic mass is 19.1. The standard InChI is InChI=1S/C29H31FN2O3/c1-17(29(33)35-31)28(21-8-9-21)22-10-7-20-11-14-26(32-27(20)15-22)19-5-3-18(4-6-19)24-16-23(34-2)12-13-25(24)30/h3-7,10,12-13,15-17,21,26,28,32H,8-9,11,14,31H2,1-2H3/t17-,26?,28-/m0/s1. The molecule has 0 bridgehead atoms. The Morgan fingerprint density at radius 1 is 1.06 bits per heavy atom. The number of nitrogens with one attached hydrogen (secondary N) is 1. The van der Waals surface area contributed by atoms with E-state index in [0.29, 0.717) is 17.2 Å². The summed E-state index contributed by atoms with van der Waals surface area (Å²) in [6, 6.07) is 19.5. The fraction of sp³-hybridized carbons (Fsp3) is 0.345. The summed E-state index contributed by atoms with van der Waals surface area (Å²) in [6.45, 7) is 1.90. The van der Waals surface area contributed by atoms with Crippen LogP contribution in [0.1, 0.15) is 54.8 Å². The van der Waals surface area contributed by atoms with Gasteiger partial charge in [0.25, 0.3) is 0 Å². The molecule has 35 heavy (non-hydrogen) atoms. The lowest BCUT2D eigenvalue weighted by Crippen LogP contribution is -2.26. The molecule has 0 radical (unpaired) electrons. The van der Waals surface area contributed by atoms with Gasteiger partial charge in [-0.25, -0.2) is 4.39 Å². The Labute approximate surface area is 205 Å². The largest absolute Gasteiger partial charge is 0.497 e. The van der Waals surface area contributed by atoms with Gasteiger partial charge < -0.3 is 14.9 Å². The average Bonchev–Trinajstić information content (AvgIpc) is 3.73. The molecule has 3 aromatic carbocycles. The number of aryl methyl sites for hydroxylation is 1. The van der Waals surface area contributed by atoms with Crippen LogP contribution in [0.15, 0.2) is 60.7 Å². The van der Waals surface area contributed by atoms with E-state index >= 15 is 0 Å².